The minimum atomic E-state index is -5.70. The van der Waals surface area contributed by atoms with E-state index in [-0.39, 0.29) is 25.3 Å². The molecule has 0 aromatic rings. The molecule has 2 amide bonds. The molecule has 0 saturated heterocycles. The summed E-state index contributed by atoms with van der Waals surface area (Å²) in [6.45, 7) is -0.0115. The van der Waals surface area contributed by atoms with Crippen LogP contribution < -0.4 is 10.6 Å². The number of urea groups is 1. The van der Waals surface area contributed by atoms with Gasteiger partial charge in [0.2, 0.25) is 0 Å². The second kappa shape index (κ2) is 7.47. The fourth-order valence-corrected chi connectivity index (χ4v) is 2.60. The normalized spacial score (nSPS) is 19.1. The smallest absolute Gasteiger partial charge is 0.337 e. The average molecular weight is 337 g/mol. The van der Waals surface area contributed by atoms with E-state index in [2.05, 4.69) is 5.32 Å². The Balaban J connectivity index is 2.86. The Bertz CT molecular complexity index is 345. The lowest BCUT2D eigenvalue weighted by Gasteiger charge is -2.36. The highest BCUT2D eigenvalue weighted by molar-refractivity contribution is 6.18. The summed E-state index contributed by atoms with van der Waals surface area (Å²) in [5, 5.41) is 3.93. The maximum absolute atomic E-state index is 13.7. The van der Waals surface area contributed by atoms with Gasteiger partial charge in [0.05, 0.1) is 0 Å². The van der Waals surface area contributed by atoms with Crippen molar-refractivity contribution in [2.24, 2.45) is 5.92 Å². The number of alkyl halides is 6. The van der Waals surface area contributed by atoms with Gasteiger partial charge in [0.1, 0.15) is 6.04 Å². The van der Waals surface area contributed by atoms with Crippen molar-refractivity contribution in [1.82, 2.24) is 10.6 Å². The van der Waals surface area contributed by atoms with E-state index >= 15 is 0 Å². The number of hydrogen-bond acceptors (Lipinski definition) is 1. The van der Waals surface area contributed by atoms with Crippen LogP contribution in [0.2, 0.25) is 0 Å². The van der Waals surface area contributed by atoms with E-state index in [1.165, 1.54) is 0 Å². The Labute approximate surface area is 124 Å². The van der Waals surface area contributed by atoms with Gasteiger partial charge in [0, 0.05) is 12.4 Å². The van der Waals surface area contributed by atoms with E-state index in [4.69, 9.17) is 11.6 Å². The second-order valence-electron chi connectivity index (χ2n) is 5.09. The van der Waals surface area contributed by atoms with Crippen molar-refractivity contribution in [1.29, 1.82) is 0 Å². The van der Waals surface area contributed by atoms with Crippen LogP contribution in [0.1, 0.15) is 32.1 Å². The van der Waals surface area contributed by atoms with E-state index in [0.29, 0.717) is 12.8 Å². The summed E-state index contributed by atoms with van der Waals surface area (Å²) in [5.41, 5.74) is 0. The molecule has 0 aliphatic heterocycles. The van der Waals surface area contributed by atoms with Gasteiger partial charge in [-0.15, -0.1) is 11.6 Å². The summed E-state index contributed by atoms with van der Waals surface area (Å²) in [4.78, 5) is 11.4. The molecule has 1 unspecified atom stereocenters. The minimum absolute atomic E-state index is 0.0115. The monoisotopic (exact) mass is 336 g/mol. The number of hydrogen-bond donors (Lipinski definition) is 2. The molecular formula is C12H18ClF5N2O. The fourth-order valence-electron chi connectivity index (χ4n) is 2.50. The molecule has 21 heavy (non-hydrogen) atoms. The van der Waals surface area contributed by atoms with Crippen LogP contribution in [0.5, 0.6) is 0 Å². The first kappa shape index (κ1) is 18.3. The largest absolute Gasteiger partial charge is 0.455 e. The van der Waals surface area contributed by atoms with Gasteiger partial charge < -0.3 is 10.6 Å². The maximum Gasteiger partial charge on any atom is 0.455 e. The third kappa shape index (κ3) is 4.86. The lowest BCUT2D eigenvalue weighted by molar-refractivity contribution is -0.297. The van der Waals surface area contributed by atoms with Crippen LogP contribution in [0.25, 0.3) is 0 Å². The Hall–Kier alpha value is -0.790. The van der Waals surface area contributed by atoms with Crippen molar-refractivity contribution in [2.75, 3.05) is 12.4 Å². The van der Waals surface area contributed by atoms with Crippen molar-refractivity contribution in [3.8, 4) is 0 Å². The Kier molecular flexibility index (Phi) is 6.49. The molecule has 0 aromatic carbocycles. The van der Waals surface area contributed by atoms with Gasteiger partial charge >= 0.3 is 18.1 Å². The molecule has 0 bridgehead atoms. The highest BCUT2D eigenvalue weighted by Gasteiger charge is 2.64. The van der Waals surface area contributed by atoms with E-state index in [0.717, 1.165) is 6.42 Å². The first-order valence-corrected chi connectivity index (χ1v) is 7.28. The number of rotatable bonds is 5. The zero-order valence-electron chi connectivity index (χ0n) is 11.3. The van der Waals surface area contributed by atoms with Crippen molar-refractivity contribution in [3.63, 3.8) is 0 Å². The van der Waals surface area contributed by atoms with E-state index in [9.17, 15) is 26.7 Å². The molecule has 1 fully saturated rings. The number of nitrogens with one attached hydrogen (secondary N) is 2. The van der Waals surface area contributed by atoms with Gasteiger partial charge in [-0.3, -0.25) is 0 Å². The number of amides is 2. The third-order valence-corrected chi connectivity index (χ3v) is 3.75. The van der Waals surface area contributed by atoms with Crippen LogP contribution in [-0.4, -0.2) is 36.6 Å². The Morgan fingerprint density at radius 3 is 2.19 bits per heavy atom. The number of halogens is 6. The molecule has 1 rings (SSSR count). The SMILES string of the molecule is O=C(NCCCl)NC(C1CCCCC1)C(F)(F)C(F)(F)F. The number of carbonyl (C=O) groups is 1. The minimum Gasteiger partial charge on any atom is -0.337 e. The maximum atomic E-state index is 13.7. The summed E-state index contributed by atoms with van der Waals surface area (Å²) >= 11 is 5.32. The summed E-state index contributed by atoms with van der Waals surface area (Å²) in [5.74, 6) is -5.82. The third-order valence-electron chi connectivity index (χ3n) is 3.56. The van der Waals surface area contributed by atoms with Gasteiger partial charge in [0.25, 0.3) is 0 Å². The predicted octanol–water partition coefficient (Wildman–Crippen LogP) is 3.67. The second-order valence-corrected chi connectivity index (χ2v) is 5.46. The molecular weight excluding hydrogens is 319 g/mol. The fraction of sp³-hybridized carbons (Fsp3) is 0.917. The van der Waals surface area contributed by atoms with Crippen LogP contribution in [0.3, 0.4) is 0 Å². The predicted molar refractivity (Wildman–Crippen MR) is 68.6 cm³/mol. The van der Waals surface area contributed by atoms with E-state index in [1.807, 2.05) is 0 Å². The van der Waals surface area contributed by atoms with Crippen LogP contribution in [0.15, 0.2) is 0 Å². The highest BCUT2D eigenvalue weighted by atomic mass is 35.5. The quantitative estimate of drug-likeness (QED) is 0.583. The zero-order valence-corrected chi connectivity index (χ0v) is 12.0. The summed E-state index contributed by atoms with van der Waals surface area (Å²) in [6, 6.07) is -3.32. The van der Waals surface area contributed by atoms with Crippen molar-refractivity contribution in [2.45, 2.75) is 50.2 Å². The van der Waals surface area contributed by atoms with Crippen LogP contribution in [-0.2, 0) is 0 Å². The van der Waals surface area contributed by atoms with E-state index in [1.54, 1.807) is 5.32 Å². The Morgan fingerprint density at radius 1 is 1.14 bits per heavy atom. The molecule has 9 heteroatoms. The van der Waals surface area contributed by atoms with Crippen molar-refractivity contribution in [3.05, 3.63) is 0 Å². The van der Waals surface area contributed by atoms with Crippen molar-refractivity contribution < 1.29 is 26.7 Å². The summed E-state index contributed by atoms with van der Waals surface area (Å²) < 4.78 is 65.1. The first-order chi connectivity index (χ1) is 9.70. The topological polar surface area (TPSA) is 41.1 Å². The standard InChI is InChI=1S/C12H18ClF5N2O/c13-6-7-19-10(21)20-9(8-4-2-1-3-5-8)11(14,15)12(16,17)18/h8-9H,1-7H2,(H2,19,20,21). The van der Waals surface area contributed by atoms with Gasteiger partial charge in [-0.2, -0.15) is 22.0 Å². The van der Waals surface area contributed by atoms with Crippen molar-refractivity contribution >= 4 is 17.6 Å². The van der Waals surface area contributed by atoms with Crippen LogP contribution >= 0.6 is 11.6 Å². The molecule has 0 heterocycles. The molecule has 0 aromatic heterocycles. The zero-order chi connectivity index (χ0) is 16.1. The van der Waals surface area contributed by atoms with Gasteiger partial charge in [-0.05, 0) is 18.8 Å². The molecule has 124 valence electrons. The molecule has 1 saturated carbocycles. The van der Waals surface area contributed by atoms with Gasteiger partial charge in [-0.1, -0.05) is 19.3 Å². The lowest BCUT2D eigenvalue weighted by atomic mass is 9.81. The van der Waals surface area contributed by atoms with Crippen LogP contribution in [0, 0.1) is 5.92 Å². The number of carbonyl (C=O) groups excluding carboxylic acids is 1. The molecule has 0 radical (unpaired) electrons. The average Bonchev–Trinajstić information content (AvgIpc) is 2.42. The summed E-state index contributed by atoms with van der Waals surface area (Å²) in [6.07, 6.45) is -3.24. The van der Waals surface area contributed by atoms with Gasteiger partial charge in [0.15, 0.2) is 0 Å². The molecule has 1 aliphatic rings. The molecule has 1 aliphatic carbocycles. The van der Waals surface area contributed by atoms with Crippen LogP contribution in [0.4, 0.5) is 26.7 Å². The van der Waals surface area contributed by atoms with E-state index < -0.39 is 30.1 Å². The molecule has 1 atom stereocenters. The summed E-state index contributed by atoms with van der Waals surface area (Å²) in [7, 11) is 0. The van der Waals surface area contributed by atoms with Gasteiger partial charge in [-0.25, -0.2) is 4.79 Å². The first-order valence-electron chi connectivity index (χ1n) is 6.75. The molecule has 3 nitrogen and oxygen atoms in total. The highest BCUT2D eigenvalue weighted by Crippen LogP contribution is 2.43. The lowest BCUT2D eigenvalue weighted by Crippen LogP contribution is -2.60. The molecule has 0 spiro atoms. The Morgan fingerprint density at radius 2 is 1.71 bits per heavy atom. The molecule has 2 N–H and O–H groups in total.